The SMILES string of the molecule is COc1cc(-c2cn(C)c(=O)c3ccccc23)cc(Cl)c1CN1CCC(C2CCN(c3ccc(NC4CCC(=O)NC4=O)cc3Cl)CC2)CC1. The van der Waals surface area contributed by atoms with Gasteiger partial charge in [-0.15, -0.1) is 0 Å². The molecule has 11 heteroatoms. The number of amides is 2. The summed E-state index contributed by atoms with van der Waals surface area (Å²) >= 11 is 13.7. The second kappa shape index (κ2) is 14.7. The molecule has 4 aromatic rings. The molecule has 1 aromatic heterocycles. The molecule has 0 radical (unpaired) electrons. The van der Waals surface area contributed by atoms with Crippen molar-refractivity contribution in [2.45, 2.75) is 51.1 Å². The zero-order valence-electron chi connectivity index (χ0n) is 28.5. The number of hydrogen-bond acceptors (Lipinski definition) is 7. The van der Waals surface area contributed by atoms with Crippen molar-refractivity contribution in [3.63, 3.8) is 0 Å². The summed E-state index contributed by atoms with van der Waals surface area (Å²) in [6.07, 6.45) is 7.28. The van der Waals surface area contributed by atoms with Gasteiger partial charge in [-0.1, -0.05) is 41.4 Å². The lowest BCUT2D eigenvalue weighted by molar-refractivity contribution is -0.133. The number of hydrogen-bond donors (Lipinski definition) is 2. The van der Waals surface area contributed by atoms with Crippen LogP contribution in [0.25, 0.3) is 21.9 Å². The molecule has 3 aromatic carbocycles. The molecule has 1 unspecified atom stereocenters. The van der Waals surface area contributed by atoms with Crippen LogP contribution in [-0.4, -0.2) is 60.6 Å². The van der Waals surface area contributed by atoms with Crippen molar-refractivity contribution in [2.24, 2.45) is 18.9 Å². The van der Waals surface area contributed by atoms with E-state index in [1.807, 2.05) is 60.8 Å². The molecule has 262 valence electrons. The first-order valence-electron chi connectivity index (χ1n) is 17.5. The van der Waals surface area contributed by atoms with Gasteiger partial charge in [0.15, 0.2) is 0 Å². The summed E-state index contributed by atoms with van der Waals surface area (Å²) in [6.45, 7) is 4.70. The molecule has 2 N–H and O–H groups in total. The van der Waals surface area contributed by atoms with Gasteiger partial charge in [0.1, 0.15) is 11.8 Å². The number of benzene rings is 3. The van der Waals surface area contributed by atoms with E-state index in [2.05, 4.69) is 20.4 Å². The molecule has 3 saturated heterocycles. The van der Waals surface area contributed by atoms with Crippen LogP contribution in [0.5, 0.6) is 5.75 Å². The van der Waals surface area contributed by atoms with Crippen LogP contribution in [-0.2, 0) is 23.2 Å². The summed E-state index contributed by atoms with van der Waals surface area (Å²) in [5.41, 5.74) is 4.65. The number of likely N-dealkylation sites (tertiary alicyclic amines) is 1. The van der Waals surface area contributed by atoms with E-state index in [1.165, 1.54) is 0 Å². The highest BCUT2D eigenvalue weighted by atomic mass is 35.5. The quantitative estimate of drug-likeness (QED) is 0.192. The first-order valence-corrected chi connectivity index (χ1v) is 18.3. The first kappa shape index (κ1) is 34.4. The van der Waals surface area contributed by atoms with E-state index in [1.54, 1.807) is 18.7 Å². The summed E-state index contributed by atoms with van der Waals surface area (Å²) in [5, 5.41) is 8.53. The predicted molar refractivity (Wildman–Crippen MR) is 200 cm³/mol. The molecule has 50 heavy (non-hydrogen) atoms. The Kier molecular flexibility index (Phi) is 10.1. The van der Waals surface area contributed by atoms with Gasteiger partial charge in [0.2, 0.25) is 11.8 Å². The molecule has 0 saturated carbocycles. The predicted octanol–water partition coefficient (Wildman–Crippen LogP) is 6.87. The number of ether oxygens (including phenoxy) is 1. The Labute approximate surface area is 302 Å². The molecule has 9 nitrogen and oxygen atoms in total. The average Bonchev–Trinajstić information content (AvgIpc) is 3.12. The number of aromatic nitrogens is 1. The number of nitrogens with one attached hydrogen (secondary N) is 2. The molecule has 3 aliphatic rings. The van der Waals surface area contributed by atoms with Crippen LogP contribution >= 0.6 is 23.2 Å². The summed E-state index contributed by atoms with van der Waals surface area (Å²) in [4.78, 5) is 41.2. The zero-order chi connectivity index (χ0) is 34.9. The number of nitrogens with zero attached hydrogens (tertiary/aromatic N) is 3. The number of piperidine rings is 3. The third kappa shape index (κ3) is 7.09. The highest BCUT2D eigenvalue weighted by Gasteiger charge is 2.31. The molecule has 0 bridgehead atoms. The number of rotatable bonds is 8. The van der Waals surface area contributed by atoms with E-state index < -0.39 is 6.04 Å². The Morgan fingerprint density at radius 1 is 0.860 bits per heavy atom. The maximum atomic E-state index is 12.7. The van der Waals surface area contributed by atoms with Crippen LogP contribution in [0.1, 0.15) is 44.1 Å². The van der Waals surface area contributed by atoms with Crippen LogP contribution in [0.4, 0.5) is 11.4 Å². The zero-order valence-corrected chi connectivity index (χ0v) is 30.0. The Morgan fingerprint density at radius 3 is 2.24 bits per heavy atom. The number of aryl methyl sites for hydroxylation is 1. The van der Waals surface area contributed by atoms with Crippen molar-refractivity contribution in [3.8, 4) is 16.9 Å². The molecule has 7 rings (SSSR count). The number of pyridine rings is 1. The first-order chi connectivity index (χ1) is 24.2. The third-order valence-electron chi connectivity index (χ3n) is 10.9. The van der Waals surface area contributed by atoms with Gasteiger partial charge >= 0.3 is 0 Å². The minimum atomic E-state index is -0.434. The van der Waals surface area contributed by atoms with Gasteiger partial charge in [-0.3, -0.25) is 24.6 Å². The second-order valence-corrected chi connectivity index (χ2v) is 14.7. The van der Waals surface area contributed by atoms with Gasteiger partial charge in [0.05, 0.1) is 17.8 Å². The van der Waals surface area contributed by atoms with Crippen LogP contribution in [0, 0.1) is 11.8 Å². The average molecular weight is 717 g/mol. The lowest BCUT2D eigenvalue weighted by atomic mass is 9.78. The number of halogens is 2. The number of carbonyl (C=O) groups excluding carboxylic acids is 2. The minimum absolute atomic E-state index is 0.0229. The summed E-state index contributed by atoms with van der Waals surface area (Å²) in [6, 6.07) is 17.2. The summed E-state index contributed by atoms with van der Waals surface area (Å²) in [5.74, 6) is 1.63. The van der Waals surface area contributed by atoms with Crippen molar-refractivity contribution in [3.05, 3.63) is 86.8 Å². The highest BCUT2D eigenvalue weighted by Crippen LogP contribution is 2.39. The van der Waals surface area contributed by atoms with Crippen LogP contribution in [0.2, 0.25) is 10.0 Å². The van der Waals surface area contributed by atoms with Crippen molar-refractivity contribution < 1.29 is 14.3 Å². The van der Waals surface area contributed by atoms with E-state index in [4.69, 9.17) is 27.9 Å². The molecule has 3 fully saturated rings. The fraction of sp³-hybridized carbons (Fsp3) is 0.410. The number of imide groups is 1. The molecule has 1 atom stereocenters. The van der Waals surface area contributed by atoms with Crippen molar-refractivity contribution >= 4 is 57.2 Å². The monoisotopic (exact) mass is 715 g/mol. The Morgan fingerprint density at radius 2 is 1.56 bits per heavy atom. The number of carbonyl (C=O) groups is 2. The lowest BCUT2D eigenvalue weighted by Crippen LogP contribution is -2.47. The van der Waals surface area contributed by atoms with E-state index in [-0.39, 0.29) is 17.4 Å². The van der Waals surface area contributed by atoms with Gasteiger partial charge < -0.3 is 19.5 Å². The number of methoxy groups -OCH3 is 1. The third-order valence-corrected chi connectivity index (χ3v) is 11.5. The molecular formula is C39H43Cl2N5O4. The van der Waals surface area contributed by atoms with Gasteiger partial charge in [-0.05, 0) is 104 Å². The fourth-order valence-corrected chi connectivity index (χ4v) is 8.62. The topological polar surface area (TPSA) is 95.9 Å². The number of fused-ring (bicyclic) bond motifs is 1. The fourth-order valence-electron chi connectivity index (χ4n) is 8.05. The molecule has 2 amide bonds. The largest absolute Gasteiger partial charge is 0.496 e. The number of anilines is 2. The highest BCUT2D eigenvalue weighted by molar-refractivity contribution is 6.33. The Hall–Kier alpha value is -4.05. The second-order valence-electron chi connectivity index (χ2n) is 13.9. The minimum Gasteiger partial charge on any atom is -0.496 e. The van der Waals surface area contributed by atoms with Crippen molar-refractivity contribution in [1.29, 1.82) is 0 Å². The molecule has 0 spiro atoms. The van der Waals surface area contributed by atoms with Gasteiger partial charge in [0.25, 0.3) is 5.56 Å². The van der Waals surface area contributed by atoms with Crippen molar-refractivity contribution in [1.82, 2.24) is 14.8 Å². The molecule has 3 aliphatic heterocycles. The van der Waals surface area contributed by atoms with E-state index >= 15 is 0 Å². The van der Waals surface area contributed by atoms with Gasteiger partial charge in [0, 0.05) is 66.5 Å². The lowest BCUT2D eigenvalue weighted by Gasteiger charge is -2.41. The van der Waals surface area contributed by atoms with Gasteiger partial charge in [-0.25, -0.2) is 0 Å². The van der Waals surface area contributed by atoms with E-state index in [0.29, 0.717) is 40.1 Å². The normalized spacial score (nSPS) is 19.5. The van der Waals surface area contributed by atoms with E-state index in [9.17, 15) is 14.4 Å². The van der Waals surface area contributed by atoms with Crippen LogP contribution in [0.3, 0.4) is 0 Å². The summed E-state index contributed by atoms with van der Waals surface area (Å²) in [7, 11) is 3.47. The maximum absolute atomic E-state index is 12.7. The Bertz CT molecular complexity index is 1980. The smallest absolute Gasteiger partial charge is 0.258 e. The maximum Gasteiger partial charge on any atom is 0.258 e. The summed E-state index contributed by atoms with van der Waals surface area (Å²) < 4.78 is 7.51. The standard InChI is InChI=1S/C39H43Cl2N5O4/c1-44-22-30(28-5-3-4-6-29(28)39(44)49)26-19-32(40)31(36(20-26)50-2)23-45-15-11-24(12-16-45)25-13-17-46(18-14-25)35-9-7-27(21-33(35)41)42-34-8-10-37(47)43-38(34)48/h3-7,9,19-22,24-25,34,42H,8,10-18,23H2,1-2H3,(H,43,47,48). The molecule has 0 aliphatic carbocycles. The van der Waals surface area contributed by atoms with Gasteiger partial charge in [-0.2, -0.15) is 0 Å². The Balaban J connectivity index is 0.942. The molecule has 4 heterocycles. The van der Waals surface area contributed by atoms with Crippen LogP contribution < -0.4 is 25.8 Å². The van der Waals surface area contributed by atoms with Crippen molar-refractivity contribution in [2.75, 3.05) is 43.5 Å². The molecular weight excluding hydrogens is 673 g/mol. The van der Waals surface area contributed by atoms with E-state index in [0.717, 1.165) is 97.6 Å². The van der Waals surface area contributed by atoms with Crippen LogP contribution in [0.15, 0.2) is 65.6 Å².